The molecule has 0 saturated carbocycles. The molecule has 2 nitrogen and oxygen atoms in total. The first-order valence-corrected chi connectivity index (χ1v) is 1.89. The third-order valence-corrected chi connectivity index (χ3v) is 0.628. The Kier molecular flexibility index (Phi) is 2.10. The van der Waals surface area contributed by atoms with Crippen LogP contribution >= 0.6 is 11.6 Å². The van der Waals surface area contributed by atoms with E-state index in [1.165, 1.54) is 0 Å². The van der Waals surface area contributed by atoms with Crippen LogP contribution in [0.1, 0.15) is 0 Å². The van der Waals surface area contributed by atoms with Gasteiger partial charge < -0.3 is 0 Å². The van der Waals surface area contributed by atoms with Crippen LogP contribution in [0.3, 0.4) is 0 Å². The van der Waals surface area contributed by atoms with Crippen LogP contribution < -0.4 is 0 Å². The Morgan fingerprint density at radius 1 is 1.86 bits per heavy atom. The zero-order valence-electron chi connectivity index (χ0n) is 3.53. The van der Waals surface area contributed by atoms with E-state index in [1.54, 1.807) is 6.07 Å². The Morgan fingerprint density at radius 2 is 2.29 bits per heavy atom. The van der Waals surface area contributed by atoms with Gasteiger partial charge in [-0.1, -0.05) is 18.2 Å². The summed E-state index contributed by atoms with van der Waals surface area (Å²) in [6.07, 6.45) is 0. The lowest BCUT2D eigenvalue weighted by Gasteiger charge is -1.79. The van der Waals surface area contributed by atoms with Gasteiger partial charge in [-0.2, -0.15) is 5.26 Å². The van der Waals surface area contributed by atoms with Gasteiger partial charge >= 0.3 is 0 Å². The van der Waals surface area contributed by atoms with Crippen molar-refractivity contribution in [2.24, 2.45) is 0 Å². The number of rotatable bonds is 1. The van der Waals surface area contributed by atoms with Gasteiger partial charge in [0.1, 0.15) is 11.2 Å². The summed E-state index contributed by atoms with van der Waals surface area (Å²) in [6.45, 7) is 3.16. The minimum absolute atomic E-state index is 0.00154. The van der Waals surface area contributed by atoms with E-state index in [0.717, 1.165) is 0 Å². The van der Waals surface area contributed by atoms with E-state index < -0.39 is 0 Å². The topological polar surface area (TPSA) is 47.6 Å². The van der Waals surface area contributed by atoms with Crippen molar-refractivity contribution >= 4 is 16.8 Å². The van der Waals surface area contributed by atoms with E-state index in [-0.39, 0.29) is 10.7 Å². The molecule has 0 aliphatic rings. The van der Waals surface area contributed by atoms with Crippen molar-refractivity contribution in [2.75, 3.05) is 0 Å². The van der Waals surface area contributed by atoms with E-state index in [9.17, 15) is 0 Å². The van der Waals surface area contributed by atoms with Crippen LogP contribution in [0.25, 0.3) is 0 Å². The van der Waals surface area contributed by atoms with Gasteiger partial charge in [0.05, 0.1) is 5.57 Å². The van der Waals surface area contributed by atoms with Gasteiger partial charge in [0.25, 0.3) is 0 Å². The van der Waals surface area contributed by atoms with E-state index in [2.05, 4.69) is 6.58 Å². The van der Waals surface area contributed by atoms with Crippen molar-refractivity contribution in [1.82, 2.24) is 0 Å². The maximum atomic E-state index is 7.93. The first kappa shape index (κ1) is 6.19. The quantitative estimate of drug-likeness (QED) is 0.405. The molecular formula is C4H3ClN2. The second-order valence-electron chi connectivity index (χ2n) is 0.904. The fourth-order valence-corrected chi connectivity index (χ4v) is 0.0913. The van der Waals surface area contributed by atoms with Gasteiger partial charge in [0.15, 0.2) is 0 Å². The zero-order valence-corrected chi connectivity index (χ0v) is 4.29. The van der Waals surface area contributed by atoms with Crippen LogP contribution in [0.2, 0.25) is 0 Å². The van der Waals surface area contributed by atoms with Gasteiger partial charge in [0.2, 0.25) is 0 Å². The molecule has 0 aliphatic carbocycles. The van der Waals surface area contributed by atoms with Crippen molar-refractivity contribution in [3.63, 3.8) is 0 Å². The Bertz CT molecular complexity index is 142. The number of halogens is 1. The SMILES string of the molecule is C=C(C#N)C(=N)Cl. The highest BCUT2D eigenvalue weighted by Crippen LogP contribution is 1.92. The maximum Gasteiger partial charge on any atom is 0.138 e. The number of nitrogens with one attached hydrogen (secondary N) is 1. The Labute approximate surface area is 46.5 Å². The molecule has 0 bridgehead atoms. The molecule has 0 aromatic carbocycles. The van der Waals surface area contributed by atoms with E-state index in [1.807, 2.05) is 0 Å². The van der Waals surface area contributed by atoms with Crippen LogP contribution in [-0.2, 0) is 0 Å². The fraction of sp³-hybridized carbons (Fsp3) is 0. The highest BCUT2D eigenvalue weighted by molar-refractivity contribution is 6.69. The summed E-state index contributed by atoms with van der Waals surface area (Å²) in [7, 11) is 0. The monoisotopic (exact) mass is 114 g/mol. The lowest BCUT2D eigenvalue weighted by Crippen LogP contribution is -1.83. The van der Waals surface area contributed by atoms with E-state index in [0.29, 0.717) is 0 Å². The molecule has 0 unspecified atom stereocenters. The predicted octanol–water partition coefficient (Wildman–Crippen LogP) is 1.28. The molecule has 3 heteroatoms. The van der Waals surface area contributed by atoms with Crippen molar-refractivity contribution in [1.29, 1.82) is 10.7 Å². The highest BCUT2D eigenvalue weighted by Gasteiger charge is 1.91. The molecule has 0 spiro atoms. The Balaban J connectivity index is 3.90. The zero-order chi connectivity index (χ0) is 5.86. The maximum absolute atomic E-state index is 7.93. The van der Waals surface area contributed by atoms with Crippen molar-refractivity contribution in [3.05, 3.63) is 12.2 Å². The molecule has 7 heavy (non-hydrogen) atoms. The van der Waals surface area contributed by atoms with E-state index >= 15 is 0 Å². The molecule has 36 valence electrons. The molecule has 0 atom stereocenters. The smallest absolute Gasteiger partial charge is 0.138 e. The van der Waals surface area contributed by atoms with Crippen LogP contribution in [0.15, 0.2) is 12.2 Å². The van der Waals surface area contributed by atoms with Gasteiger partial charge in [-0.3, -0.25) is 5.41 Å². The summed E-state index contributed by atoms with van der Waals surface area (Å²) >= 11 is 4.99. The first-order chi connectivity index (χ1) is 3.18. The number of nitriles is 1. The summed E-state index contributed by atoms with van der Waals surface area (Å²) in [6, 6.07) is 1.61. The highest BCUT2D eigenvalue weighted by atomic mass is 35.5. The lowest BCUT2D eigenvalue weighted by molar-refractivity contribution is 1.49. The Hall–Kier alpha value is -0.810. The molecule has 0 aromatic rings. The molecule has 0 aliphatic heterocycles. The van der Waals surface area contributed by atoms with Crippen molar-refractivity contribution < 1.29 is 0 Å². The normalized spacial score (nSPS) is 6.86. The Morgan fingerprint density at radius 3 is 2.29 bits per heavy atom. The van der Waals surface area contributed by atoms with Gasteiger partial charge in [-0.05, 0) is 0 Å². The summed E-state index contributed by atoms with van der Waals surface area (Å²) in [4.78, 5) is 0. The molecule has 0 rings (SSSR count). The van der Waals surface area contributed by atoms with Crippen LogP contribution in [0.5, 0.6) is 0 Å². The number of nitrogens with zero attached hydrogens (tertiary/aromatic N) is 1. The summed E-state index contributed by atoms with van der Waals surface area (Å²) in [5.74, 6) is 0. The first-order valence-electron chi connectivity index (χ1n) is 1.52. The average Bonchev–Trinajstić information content (AvgIpc) is 1.65. The molecule has 1 N–H and O–H groups in total. The minimum Gasteiger partial charge on any atom is -0.288 e. The van der Waals surface area contributed by atoms with Crippen LogP contribution in [0.4, 0.5) is 0 Å². The van der Waals surface area contributed by atoms with Gasteiger partial charge in [0, 0.05) is 0 Å². The van der Waals surface area contributed by atoms with Crippen LogP contribution in [0, 0.1) is 16.7 Å². The lowest BCUT2D eigenvalue weighted by atomic mass is 10.4. The molecule has 0 saturated heterocycles. The minimum atomic E-state index is -0.289. The molecule has 0 amide bonds. The summed E-state index contributed by atoms with van der Waals surface area (Å²) < 4.78 is 0. The number of hydrogen-bond acceptors (Lipinski definition) is 2. The van der Waals surface area contributed by atoms with Gasteiger partial charge in [-0.25, -0.2) is 0 Å². The predicted molar refractivity (Wildman–Crippen MR) is 28.3 cm³/mol. The number of allylic oxidation sites excluding steroid dienone is 1. The third-order valence-electron chi connectivity index (χ3n) is 0.400. The third kappa shape index (κ3) is 1.96. The molecule has 0 radical (unpaired) electrons. The summed E-state index contributed by atoms with van der Waals surface area (Å²) in [5.41, 5.74) is 0.00154. The molecular weight excluding hydrogens is 112 g/mol. The second-order valence-corrected chi connectivity index (χ2v) is 1.28. The standard InChI is InChI=1S/C4H3ClN2/c1-3(2-6)4(5)7/h7H,1H2. The number of hydrogen-bond donors (Lipinski definition) is 1. The fourth-order valence-electron chi connectivity index (χ4n) is 0.0491. The van der Waals surface area contributed by atoms with Crippen molar-refractivity contribution in [2.45, 2.75) is 0 Å². The second kappa shape index (κ2) is 2.38. The van der Waals surface area contributed by atoms with Crippen molar-refractivity contribution in [3.8, 4) is 6.07 Å². The average molecular weight is 115 g/mol. The molecule has 0 fully saturated rings. The summed E-state index contributed by atoms with van der Waals surface area (Å²) in [5, 5.41) is 14.2. The molecule has 0 heterocycles. The van der Waals surface area contributed by atoms with Gasteiger partial charge in [-0.15, -0.1) is 0 Å². The largest absolute Gasteiger partial charge is 0.288 e. The van der Waals surface area contributed by atoms with E-state index in [4.69, 9.17) is 22.3 Å². The van der Waals surface area contributed by atoms with Crippen LogP contribution in [-0.4, -0.2) is 5.17 Å². The molecule has 0 aromatic heterocycles.